The summed E-state index contributed by atoms with van der Waals surface area (Å²) < 4.78 is 33.8. The number of amides is 1. The summed E-state index contributed by atoms with van der Waals surface area (Å²) in [6.45, 7) is 3.41. The van der Waals surface area contributed by atoms with Crippen molar-refractivity contribution in [2.24, 2.45) is 5.92 Å². The molecular formula is C35H37ClN2O10. The Morgan fingerprint density at radius 3 is 2.23 bits per heavy atom. The number of carbonyl (C=O) groups excluding carboxylic acids is 3. The number of hydrogen-bond acceptors (Lipinski definition) is 11. The van der Waals surface area contributed by atoms with Crippen LogP contribution in [0.4, 0.5) is 0 Å². The summed E-state index contributed by atoms with van der Waals surface area (Å²) in [6.07, 6.45) is 1.11. The summed E-state index contributed by atoms with van der Waals surface area (Å²) in [6, 6.07) is 9.51. The quantitative estimate of drug-likeness (QED) is 0.262. The summed E-state index contributed by atoms with van der Waals surface area (Å²) in [5.74, 6) is -3.07. The van der Waals surface area contributed by atoms with Crippen molar-refractivity contribution >= 4 is 29.1 Å². The average Bonchev–Trinajstić information content (AvgIpc) is 3.41. The predicted molar refractivity (Wildman–Crippen MR) is 175 cm³/mol. The standard InChI is InChI=1S/C35H37ClN2O10/c1-17-12-22(39)28(33(41)35(17)34(42)29-23(43-3)16-24(44-4)30(36)32(29)48-35)20(15-27(40)38-18(2)21-10-8-9-11-37-21)19-13-25(45-5)31(47-7)26(14-19)46-6/h8-11,13-14,16-18,20,41H,12,15H2,1-7H3,(H,38,40)/t17-,18?,20?,35+/m1/s1. The number of nitrogens with zero attached hydrogens (tertiary/aromatic N) is 1. The van der Waals surface area contributed by atoms with E-state index in [4.69, 9.17) is 40.0 Å². The molecule has 254 valence electrons. The van der Waals surface area contributed by atoms with Crippen LogP contribution < -0.4 is 33.7 Å². The molecule has 0 saturated heterocycles. The number of benzene rings is 2. The van der Waals surface area contributed by atoms with Gasteiger partial charge in [0, 0.05) is 42.5 Å². The Morgan fingerprint density at radius 1 is 1.02 bits per heavy atom. The van der Waals surface area contributed by atoms with Crippen LogP contribution in [0.5, 0.6) is 34.5 Å². The SMILES string of the molecule is COc1cc(OC)c2c(c1Cl)O[C@]1(C2=O)C(O)=C(C(CC(=O)NC(C)c2ccccn2)c2cc(OC)c(OC)c(OC)c2)C(=O)C[C@H]1C. The van der Waals surface area contributed by atoms with E-state index in [0.29, 0.717) is 11.3 Å². The zero-order valence-corrected chi connectivity index (χ0v) is 28.4. The fourth-order valence-electron chi connectivity index (χ4n) is 6.42. The Balaban J connectivity index is 1.69. The molecule has 2 heterocycles. The predicted octanol–water partition coefficient (Wildman–Crippen LogP) is 5.56. The number of allylic oxidation sites excluding steroid dienone is 1. The van der Waals surface area contributed by atoms with E-state index in [1.165, 1.54) is 41.6 Å². The van der Waals surface area contributed by atoms with Gasteiger partial charge in [-0.25, -0.2) is 0 Å². The van der Waals surface area contributed by atoms with Gasteiger partial charge >= 0.3 is 0 Å². The van der Waals surface area contributed by atoms with Crippen molar-refractivity contribution in [2.45, 2.75) is 44.2 Å². The Kier molecular flexibility index (Phi) is 9.76. The summed E-state index contributed by atoms with van der Waals surface area (Å²) in [5, 5.41) is 15.1. The van der Waals surface area contributed by atoms with E-state index >= 15 is 0 Å². The molecule has 0 saturated carbocycles. The molecule has 2 unspecified atom stereocenters. The molecule has 4 atom stereocenters. The second-order valence-electron chi connectivity index (χ2n) is 11.5. The third-order valence-electron chi connectivity index (χ3n) is 8.85. The number of ether oxygens (including phenoxy) is 6. The van der Waals surface area contributed by atoms with Crippen LogP contribution in [-0.4, -0.2) is 68.7 Å². The van der Waals surface area contributed by atoms with E-state index in [0.717, 1.165) is 0 Å². The van der Waals surface area contributed by atoms with Gasteiger partial charge in [0.25, 0.3) is 0 Å². The fraction of sp³-hybridized carbons (Fsp3) is 0.371. The third kappa shape index (κ3) is 5.63. The highest BCUT2D eigenvalue weighted by Gasteiger charge is 2.61. The van der Waals surface area contributed by atoms with E-state index in [1.807, 2.05) is 0 Å². The molecule has 2 N–H and O–H groups in total. The van der Waals surface area contributed by atoms with Gasteiger partial charge in [-0.2, -0.15) is 0 Å². The highest BCUT2D eigenvalue weighted by molar-refractivity contribution is 6.35. The van der Waals surface area contributed by atoms with Crippen LogP contribution in [-0.2, 0) is 9.59 Å². The number of ketones is 2. The van der Waals surface area contributed by atoms with Crippen molar-refractivity contribution in [1.82, 2.24) is 10.3 Å². The normalized spacial score (nSPS) is 19.7. The lowest BCUT2D eigenvalue weighted by Crippen LogP contribution is -2.53. The minimum absolute atomic E-state index is 0.000962. The van der Waals surface area contributed by atoms with Gasteiger partial charge in [-0.3, -0.25) is 19.4 Å². The first kappa shape index (κ1) is 34.4. The second kappa shape index (κ2) is 13.6. The first-order valence-electron chi connectivity index (χ1n) is 15.1. The van der Waals surface area contributed by atoms with Crippen LogP contribution in [0.3, 0.4) is 0 Å². The van der Waals surface area contributed by atoms with Crippen LogP contribution in [0.15, 0.2) is 53.9 Å². The van der Waals surface area contributed by atoms with Crippen LogP contribution in [0, 0.1) is 5.92 Å². The minimum Gasteiger partial charge on any atom is -0.507 e. The lowest BCUT2D eigenvalue weighted by atomic mass is 9.69. The molecule has 1 amide bonds. The number of pyridine rings is 1. The number of aromatic nitrogens is 1. The minimum atomic E-state index is -2.05. The number of methoxy groups -OCH3 is 5. The van der Waals surface area contributed by atoms with Gasteiger partial charge < -0.3 is 38.8 Å². The Morgan fingerprint density at radius 2 is 1.67 bits per heavy atom. The number of carbonyl (C=O) groups is 3. The lowest BCUT2D eigenvalue weighted by Gasteiger charge is -2.39. The van der Waals surface area contributed by atoms with Gasteiger partial charge in [0.15, 0.2) is 28.8 Å². The van der Waals surface area contributed by atoms with E-state index in [1.54, 1.807) is 50.4 Å². The fourth-order valence-corrected chi connectivity index (χ4v) is 6.68. The molecule has 48 heavy (non-hydrogen) atoms. The van der Waals surface area contributed by atoms with Crippen LogP contribution in [0.25, 0.3) is 0 Å². The van der Waals surface area contributed by atoms with Crippen LogP contribution >= 0.6 is 11.6 Å². The van der Waals surface area contributed by atoms with Crippen molar-refractivity contribution in [3.8, 4) is 34.5 Å². The first-order chi connectivity index (χ1) is 23.0. The molecule has 0 radical (unpaired) electrons. The van der Waals surface area contributed by atoms with Gasteiger partial charge in [0.1, 0.15) is 22.1 Å². The molecular weight excluding hydrogens is 644 g/mol. The van der Waals surface area contributed by atoms with Gasteiger partial charge in [-0.1, -0.05) is 24.6 Å². The van der Waals surface area contributed by atoms with Crippen LogP contribution in [0.1, 0.15) is 60.3 Å². The number of fused-ring (bicyclic) bond motifs is 1. The largest absolute Gasteiger partial charge is 0.507 e. The first-order valence-corrected chi connectivity index (χ1v) is 15.5. The van der Waals surface area contributed by atoms with E-state index < -0.39 is 46.7 Å². The molecule has 1 aliphatic carbocycles. The molecule has 0 bridgehead atoms. The monoisotopic (exact) mass is 680 g/mol. The molecule has 12 nitrogen and oxygen atoms in total. The average molecular weight is 681 g/mol. The Hall–Kier alpha value is -4.97. The van der Waals surface area contributed by atoms with Gasteiger partial charge in [0.05, 0.1) is 47.3 Å². The van der Waals surface area contributed by atoms with E-state index in [2.05, 4.69) is 10.3 Å². The number of nitrogens with one attached hydrogen (secondary N) is 1. The topological polar surface area (TPSA) is 152 Å². The molecule has 0 fully saturated rings. The Bertz CT molecular complexity index is 1770. The summed E-state index contributed by atoms with van der Waals surface area (Å²) >= 11 is 6.61. The highest BCUT2D eigenvalue weighted by Crippen LogP contribution is 2.56. The third-order valence-corrected chi connectivity index (χ3v) is 9.21. The van der Waals surface area contributed by atoms with Gasteiger partial charge in [0.2, 0.25) is 23.0 Å². The van der Waals surface area contributed by atoms with Crippen molar-refractivity contribution in [3.05, 3.63) is 75.8 Å². The highest BCUT2D eigenvalue weighted by atomic mass is 35.5. The van der Waals surface area contributed by atoms with Gasteiger partial charge in [-0.15, -0.1) is 0 Å². The Labute approximate surface area is 282 Å². The molecule has 1 aliphatic heterocycles. The van der Waals surface area contributed by atoms with Crippen molar-refractivity contribution in [2.75, 3.05) is 35.5 Å². The maximum atomic E-state index is 14.4. The van der Waals surface area contributed by atoms with Crippen molar-refractivity contribution < 1.29 is 47.9 Å². The number of halogens is 1. The number of aliphatic hydroxyl groups excluding tert-OH is 1. The summed E-state index contributed by atoms with van der Waals surface area (Å²) in [4.78, 5) is 46.5. The van der Waals surface area contributed by atoms with Crippen molar-refractivity contribution in [3.63, 3.8) is 0 Å². The molecule has 2 aliphatic rings. The lowest BCUT2D eigenvalue weighted by molar-refractivity contribution is -0.122. The molecule has 1 aromatic heterocycles. The molecule has 3 aromatic rings. The zero-order valence-electron chi connectivity index (χ0n) is 27.6. The van der Waals surface area contributed by atoms with E-state index in [9.17, 15) is 19.5 Å². The molecule has 1 spiro atoms. The maximum absolute atomic E-state index is 14.4. The summed E-state index contributed by atoms with van der Waals surface area (Å²) in [5.41, 5.74) is -1.22. The summed E-state index contributed by atoms with van der Waals surface area (Å²) in [7, 11) is 7.09. The van der Waals surface area contributed by atoms with Gasteiger partial charge in [-0.05, 0) is 36.8 Å². The maximum Gasteiger partial charge on any atom is 0.231 e. The number of Topliss-reactive ketones (excluding diaryl/α,β-unsaturated/α-hetero) is 2. The zero-order chi connectivity index (χ0) is 34.9. The smallest absolute Gasteiger partial charge is 0.231 e. The second-order valence-corrected chi connectivity index (χ2v) is 11.9. The number of rotatable bonds is 11. The molecule has 2 aromatic carbocycles. The van der Waals surface area contributed by atoms with Crippen LogP contribution in [0.2, 0.25) is 5.02 Å². The molecule has 13 heteroatoms. The molecule has 5 rings (SSSR count). The van der Waals surface area contributed by atoms with E-state index in [-0.39, 0.29) is 63.5 Å². The number of hydrogen-bond donors (Lipinski definition) is 2. The van der Waals surface area contributed by atoms with Crippen molar-refractivity contribution in [1.29, 1.82) is 0 Å². The number of aliphatic hydroxyl groups is 1.